The molecule has 1 nitrogen and oxygen atoms in total. The van der Waals surface area contributed by atoms with Crippen LogP contribution in [0.15, 0.2) is 60.7 Å². The van der Waals surface area contributed by atoms with Gasteiger partial charge in [0.05, 0.1) is 5.56 Å². The Morgan fingerprint density at radius 1 is 0.697 bits per heavy atom. The van der Waals surface area contributed by atoms with Gasteiger partial charge in [-0.1, -0.05) is 43.3 Å². The number of hydrogen-bond acceptors (Lipinski definition) is 1. The Balaban J connectivity index is 1.77. The second-order valence-electron chi connectivity index (χ2n) is 7.35. The van der Waals surface area contributed by atoms with Gasteiger partial charge in [-0.15, -0.1) is 13.2 Å². The number of aryl methyl sites for hydroxylation is 1. The van der Waals surface area contributed by atoms with Crippen molar-refractivity contribution in [3.63, 3.8) is 0 Å². The fourth-order valence-electron chi connectivity index (χ4n) is 3.62. The second-order valence-corrected chi connectivity index (χ2v) is 7.35. The molecule has 4 aromatic rings. The molecular formula is C25H15F7O. The summed E-state index contributed by atoms with van der Waals surface area (Å²) in [6, 6.07) is 13.3. The Bertz CT molecular complexity index is 1320. The Labute approximate surface area is 184 Å². The number of hydrogen-bond donors (Lipinski definition) is 0. The zero-order valence-electron chi connectivity index (χ0n) is 17.0. The SMILES string of the molecule is CCc1ccc(-c2cc(F)c(-c3ccc4c(F)c(OC(F)(F)F)c(F)cc4c3)c(F)c2)cc1. The van der Waals surface area contributed by atoms with Crippen LogP contribution in [0.25, 0.3) is 33.0 Å². The number of halogens is 7. The van der Waals surface area contributed by atoms with E-state index >= 15 is 0 Å². The van der Waals surface area contributed by atoms with Gasteiger partial charge in [-0.05, 0) is 58.3 Å². The molecule has 4 aromatic carbocycles. The van der Waals surface area contributed by atoms with Gasteiger partial charge in [0.15, 0.2) is 11.6 Å². The lowest BCUT2D eigenvalue weighted by molar-refractivity contribution is -0.276. The minimum Gasteiger partial charge on any atom is -0.399 e. The Kier molecular flexibility index (Phi) is 5.78. The van der Waals surface area contributed by atoms with Crippen LogP contribution in [0.5, 0.6) is 5.75 Å². The van der Waals surface area contributed by atoms with Crippen molar-refractivity contribution in [3.05, 3.63) is 89.5 Å². The highest BCUT2D eigenvalue weighted by atomic mass is 19.4. The molecule has 0 aliphatic carbocycles. The molecule has 0 radical (unpaired) electrons. The van der Waals surface area contributed by atoms with Crippen LogP contribution < -0.4 is 4.74 Å². The predicted molar refractivity (Wildman–Crippen MR) is 111 cm³/mol. The molecule has 8 heteroatoms. The lowest BCUT2D eigenvalue weighted by atomic mass is 9.96. The quantitative estimate of drug-likeness (QED) is 0.277. The van der Waals surface area contributed by atoms with Crippen LogP contribution in [-0.4, -0.2) is 6.36 Å². The number of ether oxygens (including phenoxy) is 1. The molecule has 0 heterocycles. The fourth-order valence-corrected chi connectivity index (χ4v) is 3.62. The third kappa shape index (κ3) is 4.51. The summed E-state index contributed by atoms with van der Waals surface area (Å²) >= 11 is 0. The van der Waals surface area contributed by atoms with Crippen LogP contribution in [0.1, 0.15) is 12.5 Å². The van der Waals surface area contributed by atoms with Crippen molar-refractivity contribution >= 4 is 10.8 Å². The van der Waals surface area contributed by atoms with Gasteiger partial charge in [0.25, 0.3) is 0 Å². The van der Waals surface area contributed by atoms with E-state index < -0.39 is 46.3 Å². The first kappa shape index (κ1) is 22.6. The Morgan fingerprint density at radius 3 is 1.88 bits per heavy atom. The van der Waals surface area contributed by atoms with Crippen molar-refractivity contribution in [2.45, 2.75) is 19.7 Å². The average molecular weight is 464 g/mol. The number of rotatable bonds is 4. The molecule has 4 rings (SSSR count). The third-order valence-corrected chi connectivity index (χ3v) is 5.23. The van der Waals surface area contributed by atoms with Crippen molar-refractivity contribution in [2.75, 3.05) is 0 Å². The lowest BCUT2D eigenvalue weighted by Gasteiger charge is -2.13. The van der Waals surface area contributed by atoms with Gasteiger partial charge in [-0.2, -0.15) is 0 Å². The first-order valence-electron chi connectivity index (χ1n) is 9.83. The van der Waals surface area contributed by atoms with Crippen LogP contribution in [-0.2, 0) is 6.42 Å². The summed E-state index contributed by atoms with van der Waals surface area (Å²) < 4.78 is 99.0. The van der Waals surface area contributed by atoms with Crippen molar-refractivity contribution in [3.8, 4) is 28.0 Å². The van der Waals surface area contributed by atoms with Crippen LogP contribution in [0.2, 0.25) is 0 Å². The highest BCUT2D eigenvalue weighted by Crippen LogP contribution is 2.37. The van der Waals surface area contributed by atoms with E-state index in [-0.39, 0.29) is 10.9 Å². The molecule has 0 bridgehead atoms. The van der Waals surface area contributed by atoms with Gasteiger partial charge in [-0.3, -0.25) is 0 Å². The van der Waals surface area contributed by atoms with Crippen LogP contribution in [0.3, 0.4) is 0 Å². The smallest absolute Gasteiger partial charge is 0.399 e. The normalized spacial score (nSPS) is 11.8. The van der Waals surface area contributed by atoms with E-state index in [1.165, 1.54) is 0 Å². The molecule has 33 heavy (non-hydrogen) atoms. The molecule has 0 atom stereocenters. The molecule has 0 spiro atoms. The van der Waals surface area contributed by atoms with Gasteiger partial charge in [0.2, 0.25) is 5.75 Å². The van der Waals surface area contributed by atoms with E-state index in [4.69, 9.17) is 0 Å². The maximum absolute atomic E-state index is 14.9. The zero-order chi connectivity index (χ0) is 23.9. The van der Waals surface area contributed by atoms with Gasteiger partial charge in [0.1, 0.15) is 11.6 Å². The minimum atomic E-state index is -5.29. The Hall–Kier alpha value is -3.55. The highest BCUT2D eigenvalue weighted by Gasteiger charge is 2.34. The van der Waals surface area contributed by atoms with E-state index in [0.717, 1.165) is 42.3 Å². The number of benzene rings is 4. The third-order valence-electron chi connectivity index (χ3n) is 5.23. The molecule has 0 unspecified atom stereocenters. The van der Waals surface area contributed by atoms with Crippen molar-refractivity contribution < 1.29 is 35.5 Å². The van der Waals surface area contributed by atoms with Crippen LogP contribution in [0.4, 0.5) is 30.7 Å². The molecule has 0 aromatic heterocycles. The molecule has 0 N–H and O–H groups in total. The van der Waals surface area contributed by atoms with Crippen LogP contribution in [0, 0.1) is 23.3 Å². The molecule has 0 aliphatic rings. The monoisotopic (exact) mass is 464 g/mol. The summed E-state index contributed by atoms with van der Waals surface area (Å²) in [6.45, 7) is 1.98. The summed E-state index contributed by atoms with van der Waals surface area (Å²) in [6.07, 6.45) is -4.48. The predicted octanol–water partition coefficient (Wildman–Crippen LogP) is 8.19. The summed E-state index contributed by atoms with van der Waals surface area (Å²) in [5, 5.41) is -0.581. The largest absolute Gasteiger partial charge is 0.573 e. The topological polar surface area (TPSA) is 9.23 Å². The molecule has 170 valence electrons. The van der Waals surface area contributed by atoms with E-state index in [9.17, 15) is 30.7 Å². The summed E-state index contributed by atoms with van der Waals surface area (Å²) in [7, 11) is 0. The second kappa shape index (κ2) is 8.42. The van der Waals surface area contributed by atoms with E-state index in [1.807, 2.05) is 19.1 Å². The average Bonchev–Trinajstić information content (AvgIpc) is 2.75. The maximum atomic E-state index is 14.9. The first-order chi connectivity index (χ1) is 15.6. The summed E-state index contributed by atoms with van der Waals surface area (Å²) in [5.74, 6) is -6.57. The fraction of sp³-hybridized carbons (Fsp3) is 0.120. The molecule has 0 saturated heterocycles. The van der Waals surface area contributed by atoms with Gasteiger partial charge in [0, 0.05) is 5.39 Å². The van der Waals surface area contributed by atoms with E-state index in [1.54, 1.807) is 12.1 Å². The summed E-state index contributed by atoms with van der Waals surface area (Å²) in [5.41, 5.74) is 1.52. The van der Waals surface area contributed by atoms with Gasteiger partial charge in [-0.25, -0.2) is 17.6 Å². The van der Waals surface area contributed by atoms with Crippen molar-refractivity contribution in [2.24, 2.45) is 0 Å². The first-order valence-corrected chi connectivity index (χ1v) is 9.83. The van der Waals surface area contributed by atoms with Crippen molar-refractivity contribution in [1.29, 1.82) is 0 Å². The maximum Gasteiger partial charge on any atom is 0.573 e. The zero-order valence-corrected chi connectivity index (χ0v) is 17.0. The lowest BCUT2D eigenvalue weighted by Crippen LogP contribution is -2.19. The van der Waals surface area contributed by atoms with Gasteiger partial charge < -0.3 is 4.74 Å². The molecule has 0 aliphatic heterocycles. The van der Waals surface area contributed by atoms with E-state index in [2.05, 4.69) is 4.74 Å². The summed E-state index contributed by atoms with van der Waals surface area (Å²) in [4.78, 5) is 0. The Morgan fingerprint density at radius 2 is 1.30 bits per heavy atom. The van der Waals surface area contributed by atoms with Gasteiger partial charge >= 0.3 is 6.36 Å². The minimum absolute atomic E-state index is 0.0336. The molecular weight excluding hydrogens is 449 g/mol. The molecule has 0 saturated carbocycles. The van der Waals surface area contributed by atoms with Crippen molar-refractivity contribution in [1.82, 2.24) is 0 Å². The number of alkyl halides is 3. The standard InChI is InChI=1S/C25H15F7O/c1-2-13-3-5-14(6-4-13)16-10-19(26)22(20(27)11-16)15-7-8-18-17(9-15)12-21(28)24(23(18)29)33-25(30,31)32/h3-12H,2H2,1H3. The highest BCUT2D eigenvalue weighted by molar-refractivity contribution is 5.89. The van der Waals surface area contributed by atoms with E-state index in [0.29, 0.717) is 17.2 Å². The van der Waals surface area contributed by atoms with Crippen LogP contribution >= 0.6 is 0 Å². The molecule has 0 amide bonds. The molecule has 0 fully saturated rings. The number of fused-ring (bicyclic) bond motifs is 1.